The first-order valence-electron chi connectivity index (χ1n) is 10.1. The Bertz CT molecular complexity index is 893. The lowest BCUT2D eigenvalue weighted by atomic mass is 9.96. The minimum Gasteiger partial charge on any atom is -0.448 e. The average molecular weight is 393 g/mol. The van der Waals surface area contributed by atoms with Gasteiger partial charge in [-0.05, 0) is 41.5 Å². The lowest BCUT2D eigenvalue weighted by molar-refractivity contribution is -0.141. The van der Waals surface area contributed by atoms with E-state index in [2.05, 4.69) is 24.3 Å². The fourth-order valence-electron chi connectivity index (χ4n) is 4.23. The number of carbonyl (C=O) groups is 2. The van der Waals surface area contributed by atoms with Gasteiger partial charge in [0.15, 0.2) is 12.8 Å². The fraction of sp³-hybridized carbons (Fsp3) is 0.391. The molecular formula is C23H23NO5. The van der Waals surface area contributed by atoms with Gasteiger partial charge in [0.05, 0.1) is 12.7 Å². The molecule has 3 aliphatic rings. The molecule has 0 bridgehead atoms. The molecule has 1 atom stereocenters. The van der Waals surface area contributed by atoms with E-state index in [-0.39, 0.29) is 32.0 Å². The first-order valence-corrected chi connectivity index (χ1v) is 10.1. The molecule has 0 unspecified atom stereocenters. The predicted molar refractivity (Wildman–Crippen MR) is 105 cm³/mol. The minimum atomic E-state index is -0.730. The van der Waals surface area contributed by atoms with Crippen LogP contribution in [0.15, 0.2) is 48.5 Å². The summed E-state index contributed by atoms with van der Waals surface area (Å²) < 4.78 is 16.5. The largest absolute Gasteiger partial charge is 0.448 e. The Morgan fingerprint density at radius 3 is 2.28 bits per heavy atom. The van der Waals surface area contributed by atoms with Crippen LogP contribution >= 0.6 is 0 Å². The molecule has 1 saturated heterocycles. The number of esters is 1. The van der Waals surface area contributed by atoms with Gasteiger partial charge in [0.25, 0.3) is 0 Å². The summed E-state index contributed by atoms with van der Waals surface area (Å²) in [6.07, 6.45) is 2.81. The summed E-state index contributed by atoms with van der Waals surface area (Å²) in [5.41, 5.74) is 4.66. The molecule has 5 rings (SSSR count). The number of fused-ring (bicyclic) bond motifs is 3. The van der Waals surface area contributed by atoms with Crippen LogP contribution in [0.25, 0.3) is 11.1 Å². The molecule has 6 nitrogen and oxygen atoms in total. The summed E-state index contributed by atoms with van der Waals surface area (Å²) in [7, 11) is 0. The zero-order chi connectivity index (χ0) is 19.8. The summed E-state index contributed by atoms with van der Waals surface area (Å²) >= 11 is 0. The highest BCUT2D eigenvalue weighted by atomic mass is 16.6. The van der Waals surface area contributed by atoms with Gasteiger partial charge in [0.2, 0.25) is 0 Å². The van der Waals surface area contributed by atoms with Gasteiger partial charge in [0, 0.05) is 5.92 Å². The Hall–Kier alpha value is -2.86. The molecular weight excluding hydrogens is 370 g/mol. The quantitative estimate of drug-likeness (QED) is 0.725. The molecule has 2 aromatic rings. The number of hydrogen-bond acceptors (Lipinski definition) is 5. The molecule has 0 N–H and O–H groups in total. The van der Waals surface area contributed by atoms with Crippen molar-refractivity contribution in [3.8, 4) is 11.1 Å². The third-order valence-corrected chi connectivity index (χ3v) is 6.11. The van der Waals surface area contributed by atoms with Crippen LogP contribution in [-0.4, -0.2) is 49.1 Å². The molecule has 6 heteroatoms. The molecule has 0 aromatic heterocycles. The molecule has 2 aromatic carbocycles. The third kappa shape index (κ3) is 3.27. The van der Waals surface area contributed by atoms with E-state index in [0.29, 0.717) is 0 Å². The highest BCUT2D eigenvalue weighted by Gasteiger charge is 2.40. The minimum absolute atomic E-state index is 0.0183. The summed E-state index contributed by atoms with van der Waals surface area (Å²) in [6.45, 7) is 0.287. The Labute approximate surface area is 169 Å². The summed E-state index contributed by atoms with van der Waals surface area (Å²) in [4.78, 5) is 26.1. The van der Waals surface area contributed by atoms with Crippen molar-refractivity contribution in [2.75, 3.05) is 19.9 Å². The normalized spacial score (nSPS) is 20.8. The number of ether oxygens (including phenoxy) is 3. The van der Waals surface area contributed by atoms with Gasteiger partial charge in [-0.25, -0.2) is 9.59 Å². The Balaban J connectivity index is 1.27. The lowest BCUT2D eigenvalue weighted by Crippen LogP contribution is -2.43. The van der Waals surface area contributed by atoms with Crippen molar-refractivity contribution in [3.63, 3.8) is 0 Å². The molecule has 1 saturated carbocycles. The first kappa shape index (κ1) is 18.2. The van der Waals surface area contributed by atoms with Crippen molar-refractivity contribution in [1.82, 2.24) is 4.90 Å². The number of benzene rings is 2. The topological polar surface area (TPSA) is 65.1 Å². The van der Waals surface area contributed by atoms with Crippen molar-refractivity contribution >= 4 is 12.1 Å². The summed E-state index contributed by atoms with van der Waals surface area (Å²) in [5, 5.41) is 0. The molecule has 1 amide bonds. The van der Waals surface area contributed by atoms with E-state index < -0.39 is 18.1 Å². The van der Waals surface area contributed by atoms with Crippen molar-refractivity contribution in [3.05, 3.63) is 59.7 Å². The number of rotatable bonds is 5. The van der Waals surface area contributed by atoms with Crippen LogP contribution in [0.4, 0.5) is 4.79 Å². The zero-order valence-corrected chi connectivity index (χ0v) is 16.1. The number of carbonyl (C=O) groups excluding carboxylic acids is 2. The van der Waals surface area contributed by atoms with Crippen LogP contribution in [0.5, 0.6) is 0 Å². The Kier molecular flexibility index (Phi) is 4.72. The Morgan fingerprint density at radius 1 is 1.00 bits per heavy atom. The van der Waals surface area contributed by atoms with Gasteiger partial charge < -0.3 is 14.2 Å². The van der Waals surface area contributed by atoms with E-state index >= 15 is 0 Å². The van der Waals surface area contributed by atoms with Crippen molar-refractivity contribution in [1.29, 1.82) is 0 Å². The summed E-state index contributed by atoms with van der Waals surface area (Å²) in [5.74, 6) is -0.451. The SMILES string of the molecule is O=C1OCN(C(=O)OCC2c3ccccc3-c3ccccc32)[C@H]1COC1CCC1. The van der Waals surface area contributed by atoms with Gasteiger partial charge in [0.1, 0.15) is 6.61 Å². The van der Waals surface area contributed by atoms with Crippen LogP contribution in [0.3, 0.4) is 0 Å². The van der Waals surface area contributed by atoms with Crippen LogP contribution in [-0.2, 0) is 19.0 Å². The van der Waals surface area contributed by atoms with Gasteiger partial charge in [-0.2, -0.15) is 0 Å². The second kappa shape index (κ2) is 7.52. The van der Waals surface area contributed by atoms with E-state index in [1.165, 1.54) is 16.0 Å². The standard InChI is InChI=1S/C23H23NO5/c25-22-21(13-27-15-6-5-7-15)24(14-29-22)23(26)28-12-20-18-10-3-1-8-16(18)17-9-2-4-11-19(17)20/h1-4,8-11,15,20-21H,5-7,12-14H2/t21-/m0/s1. The van der Waals surface area contributed by atoms with E-state index in [9.17, 15) is 9.59 Å². The van der Waals surface area contributed by atoms with E-state index in [0.717, 1.165) is 30.4 Å². The van der Waals surface area contributed by atoms with E-state index in [4.69, 9.17) is 14.2 Å². The van der Waals surface area contributed by atoms with Gasteiger partial charge in [-0.1, -0.05) is 48.5 Å². The van der Waals surface area contributed by atoms with Crippen molar-refractivity contribution in [2.45, 2.75) is 37.3 Å². The molecule has 1 aliphatic heterocycles. The monoisotopic (exact) mass is 393 g/mol. The smallest absolute Gasteiger partial charge is 0.413 e. The predicted octanol–water partition coefficient (Wildman–Crippen LogP) is 3.69. The Morgan fingerprint density at radius 2 is 1.66 bits per heavy atom. The maximum Gasteiger partial charge on any atom is 0.413 e. The average Bonchev–Trinajstić information content (AvgIpc) is 3.23. The number of nitrogens with zero attached hydrogens (tertiary/aromatic N) is 1. The van der Waals surface area contributed by atoms with Crippen LogP contribution in [0.2, 0.25) is 0 Å². The second-order valence-corrected chi connectivity index (χ2v) is 7.77. The first-order chi connectivity index (χ1) is 14.2. The van der Waals surface area contributed by atoms with Crippen LogP contribution in [0, 0.1) is 0 Å². The highest BCUT2D eigenvalue weighted by Crippen LogP contribution is 2.44. The highest BCUT2D eigenvalue weighted by molar-refractivity contribution is 5.84. The van der Waals surface area contributed by atoms with E-state index in [1.807, 2.05) is 24.3 Å². The molecule has 2 aliphatic carbocycles. The number of amides is 1. The van der Waals surface area contributed by atoms with Gasteiger partial charge in [-0.3, -0.25) is 4.90 Å². The van der Waals surface area contributed by atoms with Crippen molar-refractivity contribution in [2.24, 2.45) is 0 Å². The summed E-state index contributed by atoms with van der Waals surface area (Å²) in [6, 6.07) is 15.6. The van der Waals surface area contributed by atoms with Gasteiger partial charge >= 0.3 is 12.1 Å². The molecule has 0 spiro atoms. The third-order valence-electron chi connectivity index (χ3n) is 6.11. The maximum atomic E-state index is 12.7. The van der Waals surface area contributed by atoms with Crippen molar-refractivity contribution < 1.29 is 23.8 Å². The molecule has 0 radical (unpaired) electrons. The zero-order valence-electron chi connectivity index (χ0n) is 16.1. The van der Waals surface area contributed by atoms with Crippen LogP contribution < -0.4 is 0 Å². The molecule has 2 fully saturated rings. The number of hydrogen-bond donors (Lipinski definition) is 0. The second-order valence-electron chi connectivity index (χ2n) is 7.77. The number of cyclic esters (lactones) is 1. The van der Waals surface area contributed by atoms with Crippen LogP contribution in [0.1, 0.15) is 36.3 Å². The lowest BCUT2D eigenvalue weighted by Gasteiger charge is -2.28. The molecule has 1 heterocycles. The fourth-order valence-corrected chi connectivity index (χ4v) is 4.23. The van der Waals surface area contributed by atoms with E-state index in [1.54, 1.807) is 0 Å². The van der Waals surface area contributed by atoms with Gasteiger partial charge in [-0.15, -0.1) is 0 Å². The molecule has 29 heavy (non-hydrogen) atoms. The molecule has 150 valence electrons. The maximum absolute atomic E-state index is 12.7.